The van der Waals surface area contributed by atoms with Crippen LogP contribution in [0.2, 0.25) is 0 Å². The lowest BCUT2D eigenvalue weighted by molar-refractivity contribution is -0.131. The maximum absolute atomic E-state index is 13.1. The number of aromatic amines is 1. The van der Waals surface area contributed by atoms with Gasteiger partial charge in [0.1, 0.15) is 0 Å². The summed E-state index contributed by atoms with van der Waals surface area (Å²) >= 11 is 5.57. The van der Waals surface area contributed by atoms with Gasteiger partial charge in [-0.2, -0.15) is 11.8 Å². The standard InChI is InChI=1S/C44H69BrN8O8S/c1-52(28-30-13-14-31-34(27-30)49-41-32(43(47)57)15-16-33(45)40(31)41)18-4-5-19-53(39(56)12-6-10-37(46)54)20-8-22-60-24-26-61-25-23-59-21-7-17-48-38(55)11-3-2-9-36-42-35(29-62-36)50-44(58)51-42/h15-16,30,35-36,42,49H,2-14,17-29H2,1H3,(H2,46,54)(H2,47,57)(H,48,55)(H2,50,51,58)/t30?,35-,36-,42-/m0/s1. The van der Waals surface area contributed by atoms with E-state index < -0.39 is 11.8 Å². The van der Waals surface area contributed by atoms with Gasteiger partial charge in [0.15, 0.2) is 0 Å². The van der Waals surface area contributed by atoms with Crippen LogP contribution >= 0.6 is 27.7 Å². The number of hydrogen-bond acceptors (Lipinski definition) is 10. The lowest BCUT2D eigenvalue weighted by atomic mass is 9.86. The van der Waals surface area contributed by atoms with Gasteiger partial charge in [-0.3, -0.25) is 19.2 Å². The number of nitrogens with zero attached hydrogens (tertiary/aromatic N) is 2. The first-order valence-electron chi connectivity index (χ1n) is 22.5. The Morgan fingerprint density at radius 3 is 2.35 bits per heavy atom. The fourth-order valence-corrected chi connectivity index (χ4v) is 10.9. The van der Waals surface area contributed by atoms with Gasteiger partial charge in [-0.15, -0.1) is 0 Å². The third-order valence-electron chi connectivity index (χ3n) is 11.9. The van der Waals surface area contributed by atoms with Crippen LogP contribution in [0.1, 0.15) is 98.7 Å². The molecule has 2 fully saturated rings. The molecule has 3 aliphatic rings. The summed E-state index contributed by atoms with van der Waals surface area (Å²) in [5, 5.41) is 10.4. The van der Waals surface area contributed by atoms with Crippen molar-refractivity contribution in [2.75, 3.05) is 85.2 Å². The molecule has 2 saturated heterocycles. The molecule has 4 atom stereocenters. The van der Waals surface area contributed by atoms with E-state index in [0.717, 1.165) is 92.0 Å². The van der Waals surface area contributed by atoms with Gasteiger partial charge < -0.3 is 56.4 Å². The number of aromatic nitrogens is 1. The van der Waals surface area contributed by atoms with Crippen LogP contribution in [-0.4, -0.2) is 147 Å². The molecule has 8 N–H and O–H groups in total. The van der Waals surface area contributed by atoms with Crippen LogP contribution in [0.5, 0.6) is 0 Å². The van der Waals surface area contributed by atoms with E-state index in [-0.39, 0.29) is 36.3 Å². The zero-order valence-electron chi connectivity index (χ0n) is 36.5. The number of thioether (sulfide) groups is 1. The van der Waals surface area contributed by atoms with Crippen LogP contribution in [0.4, 0.5) is 4.79 Å². The minimum absolute atomic E-state index is 0.0380. The molecular formula is C44H69BrN8O8S. The molecule has 2 aliphatic heterocycles. The highest BCUT2D eigenvalue weighted by Gasteiger charge is 2.42. The molecule has 0 saturated carbocycles. The predicted octanol–water partition coefficient (Wildman–Crippen LogP) is 4.00. The molecule has 1 aromatic heterocycles. The normalized spacial score (nSPS) is 19.3. The molecule has 346 valence electrons. The third-order valence-corrected chi connectivity index (χ3v) is 14.1. The molecule has 1 unspecified atom stereocenters. The fraction of sp³-hybridized carbons (Fsp3) is 0.705. The van der Waals surface area contributed by atoms with E-state index >= 15 is 0 Å². The molecule has 0 spiro atoms. The van der Waals surface area contributed by atoms with Gasteiger partial charge in [0, 0.05) is 85.2 Å². The van der Waals surface area contributed by atoms with Gasteiger partial charge >= 0.3 is 6.03 Å². The number of ether oxygens (including phenoxy) is 3. The summed E-state index contributed by atoms with van der Waals surface area (Å²) < 4.78 is 18.0. The number of fused-ring (bicyclic) bond motifs is 4. The number of carbonyl (C=O) groups is 5. The van der Waals surface area contributed by atoms with Gasteiger partial charge in [-0.25, -0.2) is 4.79 Å². The van der Waals surface area contributed by atoms with Crippen molar-refractivity contribution in [1.29, 1.82) is 0 Å². The number of hydrogen-bond donors (Lipinski definition) is 6. The second-order valence-electron chi connectivity index (χ2n) is 16.8. The van der Waals surface area contributed by atoms with E-state index in [9.17, 15) is 24.0 Å². The summed E-state index contributed by atoms with van der Waals surface area (Å²) in [4.78, 5) is 67.9. The number of carbonyl (C=O) groups excluding carboxylic acids is 5. The summed E-state index contributed by atoms with van der Waals surface area (Å²) in [5.41, 5.74) is 14.8. The largest absolute Gasteiger partial charge is 0.379 e. The van der Waals surface area contributed by atoms with Crippen LogP contribution in [-0.2, 0) is 41.4 Å². The Labute approximate surface area is 378 Å². The minimum atomic E-state index is -0.429. The maximum Gasteiger partial charge on any atom is 0.315 e. The summed E-state index contributed by atoms with van der Waals surface area (Å²) in [6, 6.07) is 4.06. The van der Waals surface area contributed by atoms with E-state index in [1.807, 2.05) is 22.7 Å². The Bertz CT molecular complexity index is 1780. The van der Waals surface area contributed by atoms with Crippen molar-refractivity contribution in [2.24, 2.45) is 17.4 Å². The molecule has 16 nitrogen and oxygen atoms in total. The Balaban J connectivity index is 0.858. The minimum Gasteiger partial charge on any atom is -0.379 e. The second kappa shape index (κ2) is 26.4. The molecule has 3 heterocycles. The number of aryl methyl sites for hydroxylation is 1. The lowest BCUT2D eigenvalue weighted by Crippen LogP contribution is -2.36. The molecule has 6 amide bonds. The zero-order chi connectivity index (χ0) is 44.3. The van der Waals surface area contributed by atoms with Crippen LogP contribution in [0, 0.1) is 5.92 Å². The Kier molecular flexibility index (Phi) is 21.1. The van der Waals surface area contributed by atoms with Crippen molar-refractivity contribution in [3.63, 3.8) is 0 Å². The molecule has 18 heteroatoms. The summed E-state index contributed by atoms with van der Waals surface area (Å²) in [5.74, 6) is 0.728. The molecule has 0 bridgehead atoms. The van der Waals surface area contributed by atoms with Crippen molar-refractivity contribution in [1.82, 2.24) is 30.7 Å². The number of halogens is 1. The first-order valence-corrected chi connectivity index (χ1v) is 24.4. The SMILES string of the molecule is CN(CCCCN(CCCOCCOCCOCCCNC(=O)CCCC[C@@H]1SC[C@@H]2NC(=O)N[C@@H]21)C(=O)CCCC(N)=O)CC1CCc2c([nH]c3c(C(N)=O)ccc(Br)c23)C1. The summed E-state index contributed by atoms with van der Waals surface area (Å²) in [7, 11) is 2.15. The third kappa shape index (κ3) is 16.0. The van der Waals surface area contributed by atoms with Crippen LogP contribution in [0.3, 0.4) is 0 Å². The molecule has 2 aromatic rings. The first kappa shape index (κ1) is 49.6. The number of amides is 6. The van der Waals surface area contributed by atoms with Gasteiger partial charge in [0.25, 0.3) is 5.91 Å². The fourth-order valence-electron chi connectivity index (χ4n) is 8.74. The number of nitrogens with two attached hydrogens (primary N) is 2. The Morgan fingerprint density at radius 2 is 1.60 bits per heavy atom. The molecule has 1 aromatic carbocycles. The van der Waals surface area contributed by atoms with Crippen molar-refractivity contribution in [3.05, 3.63) is 33.4 Å². The second-order valence-corrected chi connectivity index (χ2v) is 19.0. The molecular weight excluding hydrogens is 881 g/mol. The lowest BCUT2D eigenvalue weighted by Gasteiger charge is -2.28. The molecule has 5 rings (SSSR count). The quantitative estimate of drug-likeness (QED) is 0.0471. The van der Waals surface area contributed by atoms with Crippen LogP contribution in [0.15, 0.2) is 16.6 Å². The number of H-pyrrole nitrogens is 1. The molecule has 0 radical (unpaired) electrons. The van der Waals surface area contributed by atoms with Gasteiger partial charge in [0.2, 0.25) is 17.7 Å². The molecule has 62 heavy (non-hydrogen) atoms. The monoisotopic (exact) mass is 948 g/mol. The van der Waals surface area contributed by atoms with Crippen LogP contribution in [0.25, 0.3) is 10.9 Å². The highest BCUT2D eigenvalue weighted by molar-refractivity contribution is 9.10. The van der Waals surface area contributed by atoms with Gasteiger partial charge in [-0.1, -0.05) is 22.4 Å². The number of nitrogens with one attached hydrogen (secondary N) is 4. The first-order chi connectivity index (χ1) is 30.0. The van der Waals surface area contributed by atoms with E-state index in [4.69, 9.17) is 25.7 Å². The molecule has 1 aliphatic carbocycles. The highest BCUT2D eigenvalue weighted by Crippen LogP contribution is 2.37. The van der Waals surface area contributed by atoms with E-state index in [0.29, 0.717) is 102 Å². The average molecular weight is 950 g/mol. The highest BCUT2D eigenvalue weighted by atomic mass is 79.9. The Hall–Kier alpha value is -3.42. The van der Waals surface area contributed by atoms with E-state index in [1.54, 1.807) is 6.07 Å². The van der Waals surface area contributed by atoms with Crippen molar-refractivity contribution >= 4 is 68.3 Å². The van der Waals surface area contributed by atoms with Crippen molar-refractivity contribution in [3.8, 4) is 0 Å². The Morgan fingerprint density at radius 1 is 0.871 bits per heavy atom. The van der Waals surface area contributed by atoms with Crippen molar-refractivity contribution < 1.29 is 38.2 Å². The topological polar surface area (TPSA) is 223 Å². The van der Waals surface area contributed by atoms with Crippen LogP contribution < -0.4 is 27.4 Å². The van der Waals surface area contributed by atoms with Crippen molar-refractivity contribution in [2.45, 2.75) is 107 Å². The number of urea groups is 1. The average Bonchev–Trinajstić information content (AvgIpc) is 3.92. The predicted molar refractivity (Wildman–Crippen MR) is 245 cm³/mol. The smallest absolute Gasteiger partial charge is 0.315 e. The van der Waals surface area contributed by atoms with Gasteiger partial charge in [-0.05, 0) is 101 Å². The maximum atomic E-state index is 13.1. The van der Waals surface area contributed by atoms with E-state index in [1.165, 1.54) is 11.3 Å². The number of benzene rings is 1. The zero-order valence-corrected chi connectivity index (χ0v) is 38.9. The number of unbranched alkanes of at least 4 members (excludes halogenated alkanes) is 2. The number of primary amides is 2. The number of rotatable bonds is 31. The van der Waals surface area contributed by atoms with E-state index in [2.05, 4.69) is 48.8 Å². The van der Waals surface area contributed by atoms with Gasteiger partial charge in [0.05, 0.1) is 49.6 Å². The summed E-state index contributed by atoms with van der Waals surface area (Å²) in [6.45, 7) is 6.61. The summed E-state index contributed by atoms with van der Waals surface area (Å²) in [6.07, 6.45) is 10.5.